The summed E-state index contributed by atoms with van der Waals surface area (Å²) in [6.07, 6.45) is 0. The summed E-state index contributed by atoms with van der Waals surface area (Å²) >= 11 is 4.37. The van der Waals surface area contributed by atoms with Crippen molar-refractivity contribution < 1.29 is 10.2 Å². The van der Waals surface area contributed by atoms with Crippen molar-refractivity contribution in [1.82, 2.24) is 10.2 Å². The minimum Gasteiger partial charge on any atom is -0.506 e. The zero-order valence-corrected chi connectivity index (χ0v) is 15.4. The highest BCUT2D eigenvalue weighted by Crippen LogP contribution is 2.34. The number of aromatic hydroxyl groups is 1. The Morgan fingerprint density at radius 2 is 1.89 bits per heavy atom. The summed E-state index contributed by atoms with van der Waals surface area (Å²) in [7, 11) is 0. The first kappa shape index (κ1) is 17.7. The molecular weight excluding hydrogens is 493 g/mol. The van der Waals surface area contributed by atoms with Gasteiger partial charge in [-0.05, 0) is 57.3 Å². The number of halogens is 3. The van der Waals surface area contributed by atoms with Crippen molar-refractivity contribution in [3.63, 3.8) is 0 Å². The minimum atomic E-state index is -0.115. The van der Waals surface area contributed by atoms with Crippen LogP contribution in [0.1, 0.15) is 11.6 Å². The number of phenols is 1. The summed E-state index contributed by atoms with van der Waals surface area (Å²) in [6.45, 7) is 3.68. The fourth-order valence-electron chi connectivity index (χ4n) is 2.24. The van der Waals surface area contributed by atoms with Gasteiger partial charge < -0.3 is 15.5 Å². The van der Waals surface area contributed by atoms with Gasteiger partial charge in [-0.15, -0.1) is 12.4 Å². The van der Waals surface area contributed by atoms with Crippen LogP contribution in [0.5, 0.6) is 5.75 Å². The Labute approximate surface area is 146 Å². The van der Waals surface area contributed by atoms with E-state index < -0.39 is 0 Å². The first-order valence-electron chi connectivity index (χ1n) is 5.87. The van der Waals surface area contributed by atoms with Crippen LogP contribution >= 0.6 is 57.6 Å². The lowest BCUT2D eigenvalue weighted by Crippen LogP contribution is -2.46. The maximum atomic E-state index is 10.2. The number of rotatable bonds is 3. The lowest BCUT2D eigenvalue weighted by Gasteiger charge is -2.34. The molecule has 0 saturated carbocycles. The quantitative estimate of drug-likeness (QED) is 0.545. The van der Waals surface area contributed by atoms with E-state index in [0.717, 1.165) is 38.9 Å². The second kappa shape index (κ2) is 8.18. The molecule has 1 heterocycles. The lowest BCUT2D eigenvalue weighted by atomic mass is 10.0. The second-order valence-electron chi connectivity index (χ2n) is 4.31. The molecule has 19 heavy (non-hydrogen) atoms. The van der Waals surface area contributed by atoms with Gasteiger partial charge in [0.15, 0.2) is 0 Å². The molecule has 0 amide bonds. The van der Waals surface area contributed by atoms with E-state index in [1.165, 1.54) is 0 Å². The third kappa shape index (κ3) is 4.31. The van der Waals surface area contributed by atoms with Gasteiger partial charge in [-0.1, -0.05) is 0 Å². The standard InChI is InChI=1S/C12H16I2N2O2.ClH/c13-8-5-9(12(18)10(14)6-8)11(7-17)16-3-1-15-2-4-16;/h5-6,11,15,17-18H,1-4,7H2;1H/t11-;/m1./s1. The number of piperazine rings is 1. The van der Waals surface area contributed by atoms with Crippen molar-refractivity contribution in [3.05, 3.63) is 24.8 Å². The smallest absolute Gasteiger partial charge is 0.133 e. The minimum absolute atomic E-state index is 0. The Bertz CT molecular complexity index is 428. The van der Waals surface area contributed by atoms with Crippen LogP contribution in [0.2, 0.25) is 0 Å². The molecule has 1 atom stereocenters. The fourth-order valence-corrected chi connectivity index (χ4v) is 4.13. The Morgan fingerprint density at radius 3 is 2.47 bits per heavy atom. The summed E-state index contributed by atoms with van der Waals surface area (Å²) in [5, 5.41) is 23.1. The van der Waals surface area contributed by atoms with E-state index in [9.17, 15) is 10.2 Å². The van der Waals surface area contributed by atoms with Gasteiger partial charge in [0.05, 0.1) is 16.2 Å². The van der Waals surface area contributed by atoms with Crippen molar-refractivity contribution in [2.45, 2.75) is 6.04 Å². The number of benzene rings is 1. The molecule has 1 aromatic carbocycles. The zero-order valence-electron chi connectivity index (χ0n) is 10.3. The largest absolute Gasteiger partial charge is 0.506 e. The predicted octanol–water partition coefficient (Wildman–Crippen LogP) is 1.96. The number of nitrogens with zero attached hydrogens (tertiary/aromatic N) is 1. The lowest BCUT2D eigenvalue weighted by molar-refractivity contribution is 0.109. The molecule has 7 heteroatoms. The van der Waals surface area contributed by atoms with Crippen LogP contribution in [0.25, 0.3) is 0 Å². The Hall–Kier alpha value is 0.650. The molecule has 1 aliphatic heterocycles. The molecule has 1 fully saturated rings. The van der Waals surface area contributed by atoms with Gasteiger partial charge >= 0.3 is 0 Å². The van der Waals surface area contributed by atoms with Crippen LogP contribution in [0.3, 0.4) is 0 Å². The molecule has 0 aliphatic carbocycles. The van der Waals surface area contributed by atoms with Crippen LogP contribution in [0.4, 0.5) is 0 Å². The highest BCUT2D eigenvalue weighted by atomic mass is 127. The van der Waals surface area contributed by atoms with E-state index in [1.807, 2.05) is 12.1 Å². The topological polar surface area (TPSA) is 55.7 Å². The van der Waals surface area contributed by atoms with Crippen LogP contribution in [0, 0.1) is 7.14 Å². The summed E-state index contributed by atoms with van der Waals surface area (Å²) in [5.74, 6) is 0.300. The zero-order chi connectivity index (χ0) is 13.1. The average molecular weight is 511 g/mol. The van der Waals surface area contributed by atoms with E-state index in [0.29, 0.717) is 5.75 Å². The van der Waals surface area contributed by atoms with E-state index in [-0.39, 0.29) is 25.1 Å². The van der Waals surface area contributed by atoms with Crippen molar-refractivity contribution in [1.29, 1.82) is 0 Å². The molecule has 108 valence electrons. The van der Waals surface area contributed by atoms with Crippen molar-refractivity contribution >= 4 is 57.6 Å². The number of nitrogens with one attached hydrogen (secondary N) is 1. The molecule has 1 aromatic rings. The predicted molar refractivity (Wildman–Crippen MR) is 95.1 cm³/mol. The second-order valence-corrected chi connectivity index (χ2v) is 6.72. The normalized spacial score (nSPS) is 17.8. The van der Waals surface area contributed by atoms with Crippen LogP contribution in [0.15, 0.2) is 12.1 Å². The molecule has 1 saturated heterocycles. The number of phenolic OH excluding ortho intramolecular Hbond substituents is 1. The molecule has 0 unspecified atom stereocenters. The Kier molecular flexibility index (Phi) is 7.62. The molecule has 0 radical (unpaired) electrons. The molecule has 0 bridgehead atoms. The average Bonchev–Trinajstić information content (AvgIpc) is 2.37. The van der Waals surface area contributed by atoms with Crippen LogP contribution in [-0.2, 0) is 0 Å². The number of aliphatic hydroxyl groups is 1. The first-order chi connectivity index (χ1) is 8.63. The molecule has 0 aromatic heterocycles. The van der Waals surface area contributed by atoms with Gasteiger partial charge in [-0.25, -0.2) is 0 Å². The van der Waals surface area contributed by atoms with Crippen molar-refractivity contribution in [3.8, 4) is 5.75 Å². The molecule has 1 aliphatic rings. The first-order valence-corrected chi connectivity index (χ1v) is 8.02. The van der Waals surface area contributed by atoms with Gasteiger partial charge in [-0.3, -0.25) is 4.90 Å². The van der Waals surface area contributed by atoms with E-state index in [2.05, 4.69) is 55.4 Å². The van der Waals surface area contributed by atoms with Gasteiger partial charge in [0.25, 0.3) is 0 Å². The molecule has 3 N–H and O–H groups in total. The van der Waals surface area contributed by atoms with Gasteiger partial charge in [0.1, 0.15) is 5.75 Å². The van der Waals surface area contributed by atoms with E-state index >= 15 is 0 Å². The third-order valence-electron chi connectivity index (χ3n) is 3.18. The van der Waals surface area contributed by atoms with Gasteiger partial charge in [0, 0.05) is 35.3 Å². The number of hydrogen-bond donors (Lipinski definition) is 3. The highest BCUT2D eigenvalue weighted by Gasteiger charge is 2.25. The fraction of sp³-hybridized carbons (Fsp3) is 0.500. The molecule has 4 nitrogen and oxygen atoms in total. The number of hydrogen-bond acceptors (Lipinski definition) is 4. The molecule has 2 rings (SSSR count). The monoisotopic (exact) mass is 510 g/mol. The maximum Gasteiger partial charge on any atom is 0.133 e. The SMILES string of the molecule is Cl.OC[C@H](c1cc(I)cc(I)c1O)N1CCNCC1. The Morgan fingerprint density at radius 1 is 1.26 bits per heavy atom. The van der Waals surface area contributed by atoms with E-state index in [4.69, 9.17) is 0 Å². The maximum absolute atomic E-state index is 10.2. The third-order valence-corrected chi connectivity index (χ3v) is 4.63. The van der Waals surface area contributed by atoms with Crippen LogP contribution in [-0.4, -0.2) is 47.9 Å². The van der Waals surface area contributed by atoms with Crippen LogP contribution < -0.4 is 5.32 Å². The summed E-state index contributed by atoms with van der Waals surface area (Å²) in [5.41, 5.74) is 0.829. The van der Waals surface area contributed by atoms with E-state index in [1.54, 1.807) is 0 Å². The molecular formula is C12H17ClI2N2O2. The summed E-state index contributed by atoms with van der Waals surface area (Å²) < 4.78 is 1.92. The Balaban J connectivity index is 0.00000180. The number of aliphatic hydroxyl groups excluding tert-OH is 1. The van der Waals surface area contributed by atoms with Gasteiger partial charge in [-0.2, -0.15) is 0 Å². The molecule has 0 spiro atoms. The van der Waals surface area contributed by atoms with Crippen molar-refractivity contribution in [2.75, 3.05) is 32.8 Å². The van der Waals surface area contributed by atoms with Crippen molar-refractivity contribution in [2.24, 2.45) is 0 Å². The highest BCUT2D eigenvalue weighted by molar-refractivity contribution is 14.1. The summed E-state index contributed by atoms with van der Waals surface area (Å²) in [6, 6.07) is 3.78. The summed E-state index contributed by atoms with van der Waals surface area (Å²) in [4.78, 5) is 2.22. The van der Waals surface area contributed by atoms with Gasteiger partial charge in [0.2, 0.25) is 0 Å².